The number of hydrogen-bond donors (Lipinski definition) is 1. The minimum absolute atomic E-state index is 0.295. The van der Waals surface area contributed by atoms with E-state index >= 15 is 0 Å². The molecule has 0 aromatic carbocycles. The maximum absolute atomic E-state index is 8.37. The number of thioether (sulfide) groups is 1. The van der Waals surface area contributed by atoms with Crippen molar-refractivity contribution in [1.82, 2.24) is 0 Å². The Morgan fingerprint density at radius 3 is 2.78 bits per heavy atom. The predicted octanol–water partition coefficient (Wildman–Crippen LogP) is 1.13. The lowest BCUT2D eigenvalue weighted by atomic mass is 10.5. The monoisotopic (exact) mass is 144 g/mol. The summed E-state index contributed by atoms with van der Waals surface area (Å²) in [6.45, 7) is 0.295. The minimum atomic E-state index is 0.295. The number of terminal acetylenes is 1. The first-order chi connectivity index (χ1) is 4.41. The largest absolute Gasteiger partial charge is 0.396 e. The third-order valence-corrected chi connectivity index (χ3v) is 1.91. The molecule has 0 rings (SSSR count). The van der Waals surface area contributed by atoms with E-state index in [1.54, 1.807) is 11.8 Å². The molecule has 0 unspecified atom stereocenters. The summed E-state index contributed by atoms with van der Waals surface area (Å²) in [4.78, 5) is 0. The third-order valence-electron chi connectivity index (χ3n) is 0.838. The van der Waals surface area contributed by atoms with Crippen molar-refractivity contribution in [1.29, 1.82) is 0 Å². The molecule has 52 valence electrons. The minimum Gasteiger partial charge on any atom is -0.396 e. The molecule has 1 nitrogen and oxygen atoms in total. The summed E-state index contributed by atoms with van der Waals surface area (Å²) in [5.41, 5.74) is 0. The molecule has 9 heavy (non-hydrogen) atoms. The fourth-order valence-corrected chi connectivity index (χ4v) is 1.20. The van der Waals surface area contributed by atoms with Crippen LogP contribution in [-0.2, 0) is 0 Å². The Morgan fingerprint density at radius 2 is 2.22 bits per heavy atom. The lowest BCUT2D eigenvalue weighted by Crippen LogP contribution is -1.86. The smallest absolute Gasteiger partial charge is 0.0438 e. The van der Waals surface area contributed by atoms with Crippen LogP contribution in [0.25, 0.3) is 0 Å². The highest BCUT2D eigenvalue weighted by molar-refractivity contribution is 7.99. The van der Waals surface area contributed by atoms with Crippen LogP contribution >= 0.6 is 11.8 Å². The van der Waals surface area contributed by atoms with Crippen LogP contribution in [0.5, 0.6) is 0 Å². The Labute approximate surface area is 60.8 Å². The highest BCUT2D eigenvalue weighted by atomic mass is 32.2. The maximum Gasteiger partial charge on any atom is 0.0438 e. The zero-order chi connectivity index (χ0) is 6.95. The van der Waals surface area contributed by atoms with Crippen LogP contribution in [0.4, 0.5) is 0 Å². The summed E-state index contributed by atoms with van der Waals surface area (Å²) in [5, 5.41) is 8.37. The Hall–Kier alpha value is -0.130. The van der Waals surface area contributed by atoms with Crippen LogP contribution in [-0.4, -0.2) is 23.2 Å². The molecular formula is C7H12OS. The molecule has 0 fully saturated rings. The topological polar surface area (TPSA) is 20.2 Å². The van der Waals surface area contributed by atoms with E-state index in [1.165, 1.54) is 0 Å². The standard InChI is InChI=1S/C7H12OS/c1-2-3-6-9-7-4-5-8/h1,8H,3-7H2. The molecule has 0 saturated heterocycles. The molecule has 0 spiro atoms. The van der Waals surface area contributed by atoms with Crippen molar-refractivity contribution >= 4 is 11.8 Å². The van der Waals surface area contributed by atoms with Gasteiger partial charge in [0.15, 0.2) is 0 Å². The zero-order valence-corrected chi connectivity index (χ0v) is 6.28. The first-order valence-electron chi connectivity index (χ1n) is 3.04. The molecular weight excluding hydrogens is 132 g/mol. The number of aliphatic hydroxyl groups is 1. The number of rotatable bonds is 5. The molecule has 0 aliphatic rings. The van der Waals surface area contributed by atoms with Gasteiger partial charge in [0, 0.05) is 18.8 Å². The molecule has 0 bridgehead atoms. The molecule has 0 saturated carbocycles. The van der Waals surface area contributed by atoms with Gasteiger partial charge in [-0.25, -0.2) is 0 Å². The third kappa shape index (κ3) is 7.87. The van der Waals surface area contributed by atoms with E-state index in [2.05, 4.69) is 5.92 Å². The van der Waals surface area contributed by atoms with Crippen molar-refractivity contribution in [3.8, 4) is 12.3 Å². The quantitative estimate of drug-likeness (QED) is 0.461. The van der Waals surface area contributed by atoms with Crippen molar-refractivity contribution in [2.75, 3.05) is 18.1 Å². The van der Waals surface area contributed by atoms with Crippen molar-refractivity contribution in [3.63, 3.8) is 0 Å². The van der Waals surface area contributed by atoms with Crippen molar-refractivity contribution < 1.29 is 5.11 Å². The number of aliphatic hydroxyl groups excluding tert-OH is 1. The van der Waals surface area contributed by atoms with Crippen molar-refractivity contribution in [2.45, 2.75) is 12.8 Å². The fraction of sp³-hybridized carbons (Fsp3) is 0.714. The van der Waals surface area contributed by atoms with E-state index in [0.717, 1.165) is 24.3 Å². The Kier molecular flexibility index (Phi) is 7.76. The predicted molar refractivity (Wildman–Crippen MR) is 42.5 cm³/mol. The molecule has 0 aliphatic heterocycles. The number of hydrogen-bond acceptors (Lipinski definition) is 2. The van der Waals surface area contributed by atoms with Crippen LogP contribution in [0.15, 0.2) is 0 Å². The Morgan fingerprint density at radius 1 is 1.44 bits per heavy atom. The van der Waals surface area contributed by atoms with E-state index in [9.17, 15) is 0 Å². The van der Waals surface area contributed by atoms with Gasteiger partial charge in [0.05, 0.1) is 0 Å². The summed E-state index contributed by atoms with van der Waals surface area (Å²) in [7, 11) is 0. The summed E-state index contributed by atoms with van der Waals surface area (Å²) < 4.78 is 0. The molecule has 0 radical (unpaired) electrons. The SMILES string of the molecule is C#CCCSCCCO. The molecule has 0 amide bonds. The lowest BCUT2D eigenvalue weighted by molar-refractivity contribution is 0.296. The summed E-state index contributed by atoms with van der Waals surface area (Å²) in [6.07, 6.45) is 6.76. The summed E-state index contributed by atoms with van der Waals surface area (Å²) in [6, 6.07) is 0. The molecule has 0 atom stereocenters. The van der Waals surface area contributed by atoms with E-state index in [4.69, 9.17) is 11.5 Å². The first-order valence-corrected chi connectivity index (χ1v) is 4.19. The highest BCUT2D eigenvalue weighted by Gasteiger charge is 1.85. The van der Waals surface area contributed by atoms with Gasteiger partial charge in [-0.2, -0.15) is 11.8 Å². The van der Waals surface area contributed by atoms with Crippen molar-refractivity contribution in [3.05, 3.63) is 0 Å². The van der Waals surface area contributed by atoms with Crippen LogP contribution in [0.2, 0.25) is 0 Å². The highest BCUT2D eigenvalue weighted by Crippen LogP contribution is 2.02. The lowest BCUT2D eigenvalue weighted by Gasteiger charge is -1.93. The van der Waals surface area contributed by atoms with Crippen molar-refractivity contribution in [2.24, 2.45) is 0 Å². The molecule has 1 N–H and O–H groups in total. The van der Waals surface area contributed by atoms with E-state index in [-0.39, 0.29) is 0 Å². The molecule has 0 heterocycles. The van der Waals surface area contributed by atoms with Gasteiger partial charge >= 0.3 is 0 Å². The van der Waals surface area contributed by atoms with Crippen LogP contribution in [0.3, 0.4) is 0 Å². The van der Waals surface area contributed by atoms with Gasteiger partial charge in [-0.3, -0.25) is 0 Å². The average molecular weight is 144 g/mol. The molecule has 0 aliphatic carbocycles. The second-order valence-corrected chi connectivity index (χ2v) is 2.87. The van der Waals surface area contributed by atoms with Crippen LogP contribution < -0.4 is 0 Å². The van der Waals surface area contributed by atoms with E-state index in [0.29, 0.717) is 6.61 Å². The second kappa shape index (κ2) is 7.87. The molecule has 0 aromatic heterocycles. The van der Waals surface area contributed by atoms with Crippen LogP contribution in [0.1, 0.15) is 12.8 Å². The van der Waals surface area contributed by atoms with Gasteiger partial charge in [-0.15, -0.1) is 12.3 Å². The molecule has 0 aromatic rings. The van der Waals surface area contributed by atoms with Gasteiger partial charge in [-0.1, -0.05) is 0 Å². The van der Waals surface area contributed by atoms with Gasteiger partial charge in [0.2, 0.25) is 0 Å². The van der Waals surface area contributed by atoms with Gasteiger partial charge < -0.3 is 5.11 Å². The summed E-state index contributed by atoms with van der Waals surface area (Å²) in [5.74, 6) is 4.61. The average Bonchev–Trinajstić information content (AvgIpc) is 1.89. The first kappa shape index (κ1) is 8.87. The van der Waals surface area contributed by atoms with Gasteiger partial charge in [0.1, 0.15) is 0 Å². The van der Waals surface area contributed by atoms with Crippen LogP contribution in [0, 0.1) is 12.3 Å². The van der Waals surface area contributed by atoms with Gasteiger partial charge in [0.25, 0.3) is 0 Å². The fourth-order valence-electron chi connectivity index (χ4n) is 0.400. The molecule has 2 heteroatoms. The second-order valence-electron chi connectivity index (χ2n) is 1.64. The Balaban J connectivity index is 2.69. The zero-order valence-electron chi connectivity index (χ0n) is 5.47. The maximum atomic E-state index is 8.37. The Bertz CT molecular complexity index is 85.4. The summed E-state index contributed by atoms with van der Waals surface area (Å²) >= 11 is 1.80. The van der Waals surface area contributed by atoms with E-state index in [1.807, 2.05) is 0 Å². The van der Waals surface area contributed by atoms with E-state index < -0.39 is 0 Å². The normalized spacial score (nSPS) is 8.89. The van der Waals surface area contributed by atoms with Gasteiger partial charge in [-0.05, 0) is 12.2 Å².